The number of aliphatic hydroxyl groups is 1. The number of hydrogen-bond acceptors (Lipinski definition) is 2. The van der Waals surface area contributed by atoms with Crippen molar-refractivity contribution in [1.29, 1.82) is 0 Å². The van der Waals surface area contributed by atoms with Crippen LogP contribution in [0.1, 0.15) is 0 Å². The molecule has 0 radical (unpaired) electrons. The minimum Gasteiger partial charge on any atom is -0.515 e. The van der Waals surface area contributed by atoms with Crippen molar-refractivity contribution in [1.82, 2.24) is 0 Å². The predicted molar refractivity (Wildman–Crippen MR) is 36.1 cm³/mol. The van der Waals surface area contributed by atoms with Crippen molar-refractivity contribution >= 4 is 5.78 Å². The van der Waals surface area contributed by atoms with Gasteiger partial charge in [-0.2, -0.15) is 0 Å². The van der Waals surface area contributed by atoms with Gasteiger partial charge in [-0.15, -0.1) is 0 Å². The first-order chi connectivity index (χ1) is 4.26. The maximum atomic E-state index is 10.6. The van der Waals surface area contributed by atoms with Gasteiger partial charge in [0.25, 0.3) is 0 Å². The number of allylic oxidation sites excluding steroid dienone is 3. The van der Waals surface area contributed by atoms with Crippen LogP contribution >= 0.6 is 0 Å². The van der Waals surface area contributed by atoms with Gasteiger partial charge in [-0.3, -0.25) is 4.79 Å². The standard InChI is InChI=1S/C7H8O2/c1-3-6(5-8)7(9)4-2/h3-5,8H,1-2H2/b6-5+. The summed E-state index contributed by atoms with van der Waals surface area (Å²) in [7, 11) is 0. The number of rotatable bonds is 3. The van der Waals surface area contributed by atoms with Crippen LogP contribution in [0.15, 0.2) is 37.1 Å². The zero-order valence-corrected chi connectivity index (χ0v) is 5.00. The molecule has 0 atom stereocenters. The number of hydrogen-bond donors (Lipinski definition) is 1. The molecule has 0 amide bonds. The average Bonchev–Trinajstić information content (AvgIpc) is 1.90. The fraction of sp³-hybridized carbons (Fsp3) is 0. The van der Waals surface area contributed by atoms with Crippen molar-refractivity contribution in [3.63, 3.8) is 0 Å². The number of carbonyl (C=O) groups excluding carboxylic acids is 1. The van der Waals surface area contributed by atoms with E-state index in [1.54, 1.807) is 0 Å². The van der Waals surface area contributed by atoms with Crippen LogP contribution in [-0.4, -0.2) is 10.9 Å². The van der Waals surface area contributed by atoms with Crippen LogP contribution in [-0.2, 0) is 4.79 Å². The molecule has 1 N–H and O–H groups in total. The van der Waals surface area contributed by atoms with E-state index in [0.29, 0.717) is 6.26 Å². The first kappa shape index (κ1) is 7.69. The largest absolute Gasteiger partial charge is 0.515 e. The van der Waals surface area contributed by atoms with E-state index in [1.165, 1.54) is 6.08 Å². The number of aliphatic hydroxyl groups excluding tert-OH is 1. The Bertz CT molecular complexity index is 166. The zero-order chi connectivity index (χ0) is 7.28. The highest BCUT2D eigenvalue weighted by Gasteiger charge is 1.97. The molecule has 48 valence electrons. The van der Waals surface area contributed by atoms with Crippen molar-refractivity contribution in [3.05, 3.63) is 37.1 Å². The van der Waals surface area contributed by atoms with Gasteiger partial charge in [-0.1, -0.05) is 19.2 Å². The van der Waals surface area contributed by atoms with E-state index in [2.05, 4.69) is 13.2 Å². The highest BCUT2D eigenvalue weighted by molar-refractivity contribution is 6.05. The lowest BCUT2D eigenvalue weighted by Gasteiger charge is -1.88. The van der Waals surface area contributed by atoms with E-state index in [0.717, 1.165) is 6.08 Å². The molecule has 0 saturated carbocycles. The molecule has 0 aliphatic rings. The molecule has 0 fully saturated rings. The lowest BCUT2D eigenvalue weighted by Crippen LogP contribution is -1.93. The quantitative estimate of drug-likeness (QED) is 0.350. The van der Waals surface area contributed by atoms with Crippen molar-refractivity contribution in [2.24, 2.45) is 0 Å². The predicted octanol–water partition coefficient (Wildman–Crippen LogP) is 1.37. The van der Waals surface area contributed by atoms with Crippen LogP contribution in [0.4, 0.5) is 0 Å². The van der Waals surface area contributed by atoms with Crippen LogP contribution in [0.2, 0.25) is 0 Å². The second-order valence-corrected chi connectivity index (χ2v) is 1.36. The highest BCUT2D eigenvalue weighted by atomic mass is 16.2. The van der Waals surface area contributed by atoms with E-state index >= 15 is 0 Å². The molecule has 0 aromatic rings. The summed E-state index contributed by atoms with van der Waals surface area (Å²) in [5.74, 6) is -0.326. The van der Waals surface area contributed by atoms with Crippen LogP contribution in [0.3, 0.4) is 0 Å². The summed E-state index contributed by atoms with van der Waals surface area (Å²) in [5, 5.41) is 8.33. The lowest BCUT2D eigenvalue weighted by molar-refractivity contribution is -0.111. The summed E-state index contributed by atoms with van der Waals surface area (Å²) in [6, 6.07) is 0. The molecular weight excluding hydrogens is 116 g/mol. The molecular formula is C7H8O2. The SMILES string of the molecule is C=CC(=O)/C(C=C)=C/O. The number of ketones is 1. The van der Waals surface area contributed by atoms with Gasteiger partial charge in [-0.05, 0) is 6.08 Å². The van der Waals surface area contributed by atoms with Crippen molar-refractivity contribution in [3.8, 4) is 0 Å². The zero-order valence-electron chi connectivity index (χ0n) is 5.00. The van der Waals surface area contributed by atoms with Gasteiger partial charge in [0, 0.05) is 0 Å². The molecule has 0 unspecified atom stereocenters. The summed E-state index contributed by atoms with van der Waals surface area (Å²) in [4.78, 5) is 10.6. The minimum atomic E-state index is -0.326. The molecule has 0 aliphatic carbocycles. The van der Waals surface area contributed by atoms with Gasteiger partial charge < -0.3 is 5.11 Å². The molecule has 0 saturated heterocycles. The summed E-state index contributed by atoms with van der Waals surface area (Å²) >= 11 is 0. The van der Waals surface area contributed by atoms with Gasteiger partial charge in [0.05, 0.1) is 11.8 Å². The highest BCUT2D eigenvalue weighted by Crippen LogP contribution is 1.95. The molecule has 0 spiro atoms. The summed E-state index contributed by atoms with van der Waals surface area (Å²) in [5.41, 5.74) is 0.157. The molecule has 0 bridgehead atoms. The normalized spacial score (nSPS) is 10.4. The summed E-state index contributed by atoms with van der Waals surface area (Å²) in [6.45, 7) is 6.53. The fourth-order valence-electron chi connectivity index (χ4n) is 0.335. The summed E-state index contributed by atoms with van der Waals surface area (Å²) < 4.78 is 0. The van der Waals surface area contributed by atoms with Gasteiger partial charge in [-0.25, -0.2) is 0 Å². The molecule has 0 rings (SSSR count). The third-order valence-corrected chi connectivity index (χ3v) is 0.829. The van der Waals surface area contributed by atoms with Gasteiger partial charge >= 0.3 is 0 Å². The van der Waals surface area contributed by atoms with Crippen molar-refractivity contribution < 1.29 is 9.90 Å². The second kappa shape index (κ2) is 3.66. The van der Waals surface area contributed by atoms with Gasteiger partial charge in [0.2, 0.25) is 0 Å². The van der Waals surface area contributed by atoms with E-state index in [4.69, 9.17) is 5.11 Å². The van der Waals surface area contributed by atoms with E-state index in [1.807, 2.05) is 0 Å². The average molecular weight is 124 g/mol. The molecule has 9 heavy (non-hydrogen) atoms. The maximum absolute atomic E-state index is 10.6. The lowest BCUT2D eigenvalue weighted by atomic mass is 10.2. The van der Waals surface area contributed by atoms with Gasteiger partial charge in [0.15, 0.2) is 5.78 Å². The monoisotopic (exact) mass is 124 g/mol. The van der Waals surface area contributed by atoms with Crippen LogP contribution in [0.25, 0.3) is 0 Å². The molecule has 2 nitrogen and oxygen atoms in total. The van der Waals surface area contributed by atoms with Crippen molar-refractivity contribution in [2.45, 2.75) is 0 Å². The topological polar surface area (TPSA) is 37.3 Å². The molecule has 0 aromatic carbocycles. The van der Waals surface area contributed by atoms with Crippen LogP contribution < -0.4 is 0 Å². The minimum absolute atomic E-state index is 0.157. The van der Waals surface area contributed by atoms with Crippen molar-refractivity contribution in [2.75, 3.05) is 0 Å². The molecule has 2 heteroatoms. The number of carbonyl (C=O) groups is 1. The summed E-state index contributed by atoms with van der Waals surface area (Å²) in [6.07, 6.45) is 3.09. The Morgan fingerprint density at radius 3 is 2.00 bits per heavy atom. The third kappa shape index (κ3) is 1.95. The fourth-order valence-corrected chi connectivity index (χ4v) is 0.335. The first-order valence-electron chi connectivity index (χ1n) is 2.39. The Hall–Kier alpha value is -1.31. The molecule has 0 heterocycles. The van der Waals surface area contributed by atoms with Gasteiger partial charge in [0.1, 0.15) is 0 Å². The van der Waals surface area contributed by atoms with Crippen LogP contribution in [0, 0.1) is 0 Å². The Morgan fingerprint density at radius 1 is 1.33 bits per heavy atom. The third-order valence-electron chi connectivity index (χ3n) is 0.829. The Balaban J connectivity index is 4.31. The van der Waals surface area contributed by atoms with Crippen LogP contribution in [0.5, 0.6) is 0 Å². The smallest absolute Gasteiger partial charge is 0.188 e. The van der Waals surface area contributed by atoms with E-state index in [-0.39, 0.29) is 11.4 Å². The first-order valence-corrected chi connectivity index (χ1v) is 2.39. The maximum Gasteiger partial charge on any atom is 0.188 e. The Labute approximate surface area is 53.8 Å². The molecule has 0 aliphatic heterocycles. The Morgan fingerprint density at radius 2 is 1.89 bits per heavy atom. The Kier molecular flexibility index (Phi) is 3.13. The second-order valence-electron chi connectivity index (χ2n) is 1.36. The van der Waals surface area contributed by atoms with E-state index < -0.39 is 0 Å². The molecule has 0 aromatic heterocycles. The van der Waals surface area contributed by atoms with E-state index in [9.17, 15) is 4.79 Å².